The maximum absolute atomic E-state index is 9.41. The standard InChI is InChI=1S/C12H17NO/c1-9-5-6-13-8-12(9)10-3-2-4-11(14)7-10/h2-4,7,9,12-14H,5-6,8H2,1H3. The van der Waals surface area contributed by atoms with Gasteiger partial charge in [0.25, 0.3) is 0 Å². The second kappa shape index (κ2) is 4.01. The van der Waals surface area contributed by atoms with Crippen LogP contribution in [0.2, 0.25) is 0 Å². The maximum Gasteiger partial charge on any atom is 0.115 e. The van der Waals surface area contributed by atoms with Crippen molar-refractivity contribution in [3.63, 3.8) is 0 Å². The third-order valence-corrected chi connectivity index (χ3v) is 3.13. The maximum atomic E-state index is 9.41. The first kappa shape index (κ1) is 9.53. The van der Waals surface area contributed by atoms with Crippen LogP contribution in [0, 0.1) is 5.92 Å². The lowest BCUT2D eigenvalue weighted by atomic mass is 9.83. The van der Waals surface area contributed by atoms with E-state index < -0.39 is 0 Å². The van der Waals surface area contributed by atoms with Gasteiger partial charge in [-0.15, -0.1) is 0 Å². The lowest BCUT2D eigenvalue weighted by Crippen LogP contribution is -2.33. The summed E-state index contributed by atoms with van der Waals surface area (Å²) in [7, 11) is 0. The van der Waals surface area contributed by atoms with Crippen LogP contribution in [0.3, 0.4) is 0 Å². The molecule has 0 saturated carbocycles. The molecular formula is C12H17NO. The number of phenols is 1. The van der Waals surface area contributed by atoms with Crippen LogP contribution in [0.4, 0.5) is 0 Å². The van der Waals surface area contributed by atoms with Gasteiger partial charge in [-0.2, -0.15) is 0 Å². The fraction of sp³-hybridized carbons (Fsp3) is 0.500. The molecule has 1 fully saturated rings. The Morgan fingerprint density at radius 3 is 3.00 bits per heavy atom. The Hall–Kier alpha value is -1.02. The van der Waals surface area contributed by atoms with Crippen molar-refractivity contribution in [2.45, 2.75) is 19.3 Å². The van der Waals surface area contributed by atoms with Crippen molar-refractivity contribution in [1.29, 1.82) is 0 Å². The van der Waals surface area contributed by atoms with E-state index in [0.29, 0.717) is 17.6 Å². The van der Waals surface area contributed by atoms with Gasteiger partial charge in [0.15, 0.2) is 0 Å². The van der Waals surface area contributed by atoms with Crippen LogP contribution in [0.15, 0.2) is 24.3 Å². The molecule has 1 aliphatic rings. The van der Waals surface area contributed by atoms with E-state index in [9.17, 15) is 5.11 Å². The highest BCUT2D eigenvalue weighted by Gasteiger charge is 2.22. The minimum Gasteiger partial charge on any atom is -0.508 e. The number of phenolic OH excluding ortho intramolecular Hbond substituents is 1. The molecule has 76 valence electrons. The summed E-state index contributed by atoms with van der Waals surface area (Å²) >= 11 is 0. The van der Waals surface area contributed by atoms with Crippen LogP contribution in [-0.2, 0) is 0 Å². The number of nitrogens with one attached hydrogen (secondary N) is 1. The molecule has 1 aliphatic heterocycles. The molecule has 0 amide bonds. The molecule has 2 nitrogen and oxygen atoms in total. The minimum absolute atomic E-state index is 0.375. The smallest absolute Gasteiger partial charge is 0.115 e. The molecule has 1 heterocycles. The topological polar surface area (TPSA) is 32.3 Å². The van der Waals surface area contributed by atoms with Crippen molar-refractivity contribution < 1.29 is 5.11 Å². The number of hydrogen-bond acceptors (Lipinski definition) is 2. The largest absolute Gasteiger partial charge is 0.508 e. The molecule has 0 spiro atoms. The minimum atomic E-state index is 0.375. The predicted molar refractivity (Wildman–Crippen MR) is 57.5 cm³/mol. The van der Waals surface area contributed by atoms with E-state index in [0.717, 1.165) is 13.1 Å². The predicted octanol–water partition coefficient (Wildman–Crippen LogP) is 2.11. The molecule has 14 heavy (non-hydrogen) atoms. The van der Waals surface area contributed by atoms with E-state index in [4.69, 9.17) is 0 Å². The Labute approximate surface area is 85.0 Å². The summed E-state index contributed by atoms with van der Waals surface area (Å²) in [5, 5.41) is 12.8. The molecule has 0 radical (unpaired) electrons. The number of aromatic hydroxyl groups is 1. The Balaban J connectivity index is 2.20. The molecule has 2 atom stereocenters. The third-order valence-electron chi connectivity index (χ3n) is 3.13. The van der Waals surface area contributed by atoms with E-state index in [1.807, 2.05) is 12.1 Å². The Bertz CT molecular complexity index is 311. The fourth-order valence-corrected chi connectivity index (χ4v) is 2.19. The summed E-state index contributed by atoms with van der Waals surface area (Å²) < 4.78 is 0. The Kier molecular flexibility index (Phi) is 2.73. The van der Waals surface area contributed by atoms with Gasteiger partial charge in [0, 0.05) is 6.54 Å². The quantitative estimate of drug-likeness (QED) is 0.712. The average Bonchev–Trinajstić information content (AvgIpc) is 2.18. The highest BCUT2D eigenvalue weighted by atomic mass is 16.3. The summed E-state index contributed by atoms with van der Waals surface area (Å²) in [5.41, 5.74) is 1.25. The SMILES string of the molecule is CC1CCNCC1c1cccc(O)c1. The molecular weight excluding hydrogens is 174 g/mol. The van der Waals surface area contributed by atoms with Gasteiger partial charge >= 0.3 is 0 Å². The number of rotatable bonds is 1. The monoisotopic (exact) mass is 191 g/mol. The highest BCUT2D eigenvalue weighted by molar-refractivity contribution is 5.30. The second-order valence-corrected chi connectivity index (χ2v) is 4.17. The molecule has 2 N–H and O–H groups in total. The zero-order valence-electron chi connectivity index (χ0n) is 8.53. The van der Waals surface area contributed by atoms with Gasteiger partial charge in [0.1, 0.15) is 5.75 Å². The number of hydrogen-bond donors (Lipinski definition) is 2. The van der Waals surface area contributed by atoms with E-state index in [1.165, 1.54) is 12.0 Å². The van der Waals surface area contributed by atoms with Crippen LogP contribution >= 0.6 is 0 Å². The Morgan fingerprint density at radius 2 is 2.29 bits per heavy atom. The summed E-state index contributed by atoms with van der Waals surface area (Å²) in [6.07, 6.45) is 1.22. The van der Waals surface area contributed by atoms with Gasteiger partial charge in [0.2, 0.25) is 0 Å². The van der Waals surface area contributed by atoms with E-state index >= 15 is 0 Å². The molecule has 2 heteroatoms. The lowest BCUT2D eigenvalue weighted by molar-refractivity contribution is 0.347. The second-order valence-electron chi connectivity index (χ2n) is 4.17. The van der Waals surface area contributed by atoms with Crippen LogP contribution in [-0.4, -0.2) is 18.2 Å². The van der Waals surface area contributed by atoms with Crippen molar-refractivity contribution in [2.75, 3.05) is 13.1 Å². The zero-order valence-corrected chi connectivity index (χ0v) is 8.53. The van der Waals surface area contributed by atoms with Gasteiger partial charge < -0.3 is 10.4 Å². The summed E-state index contributed by atoms with van der Waals surface area (Å²) in [6, 6.07) is 7.64. The molecule has 1 aromatic carbocycles. The molecule has 1 aromatic rings. The van der Waals surface area contributed by atoms with Crippen LogP contribution in [0.25, 0.3) is 0 Å². The average molecular weight is 191 g/mol. The zero-order chi connectivity index (χ0) is 9.97. The molecule has 0 aromatic heterocycles. The van der Waals surface area contributed by atoms with E-state index in [-0.39, 0.29) is 0 Å². The van der Waals surface area contributed by atoms with Crippen molar-refractivity contribution >= 4 is 0 Å². The third kappa shape index (κ3) is 1.90. The molecule has 2 unspecified atom stereocenters. The van der Waals surface area contributed by atoms with Crippen molar-refractivity contribution in [1.82, 2.24) is 5.32 Å². The first-order valence-corrected chi connectivity index (χ1v) is 5.27. The van der Waals surface area contributed by atoms with Crippen molar-refractivity contribution in [3.05, 3.63) is 29.8 Å². The number of piperidine rings is 1. The van der Waals surface area contributed by atoms with E-state index in [1.54, 1.807) is 6.07 Å². The van der Waals surface area contributed by atoms with Crippen LogP contribution < -0.4 is 5.32 Å². The summed E-state index contributed by atoms with van der Waals surface area (Å²) in [5.74, 6) is 1.63. The van der Waals surface area contributed by atoms with Gasteiger partial charge in [-0.25, -0.2) is 0 Å². The van der Waals surface area contributed by atoms with Gasteiger partial charge in [-0.1, -0.05) is 19.1 Å². The number of benzene rings is 1. The molecule has 1 saturated heterocycles. The van der Waals surface area contributed by atoms with Crippen LogP contribution in [0.1, 0.15) is 24.8 Å². The normalized spacial score (nSPS) is 27.5. The summed E-state index contributed by atoms with van der Waals surface area (Å²) in [4.78, 5) is 0. The molecule has 0 bridgehead atoms. The fourth-order valence-electron chi connectivity index (χ4n) is 2.19. The van der Waals surface area contributed by atoms with Gasteiger partial charge in [-0.05, 0) is 42.5 Å². The summed E-state index contributed by atoms with van der Waals surface area (Å²) in [6.45, 7) is 4.44. The van der Waals surface area contributed by atoms with E-state index in [2.05, 4.69) is 18.3 Å². The first-order valence-electron chi connectivity index (χ1n) is 5.27. The van der Waals surface area contributed by atoms with Gasteiger partial charge in [0.05, 0.1) is 0 Å². The Morgan fingerprint density at radius 1 is 1.43 bits per heavy atom. The lowest BCUT2D eigenvalue weighted by Gasteiger charge is -2.29. The molecule has 2 rings (SSSR count). The first-order chi connectivity index (χ1) is 6.77. The van der Waals surface area contributed by atoms with Crippen LogP contribution in [0.5, 0.6) is 5.75 Å². The van der Waals surface area contributed by atoms with Gasteiger partial charge in [-0.3, -0.25) is 0 Å². The molecule has 0 aliphatic carbocycles. The van der Waals surface area contributed by atoms with Crippen molar-refractivity contribution in [2.24, 2.45) is 5.92 Å². The van der Waals surface area contributed by atoms with Crippen molar-refractivity contribution in [3.8, 4) is 5.75 Å². The highest BCUT2D eigenvalue weighted by Crippen LogP contribution is 2.30.